The molecular formula is C22H22ClN5. The number of halogens is 1. The van der Waals surface area contributed by atoms with E-state index in [0.717, 1.165) is 60.4 Å². The third kappa shape index (κ3) is 3.15. The van der Waals surface area contributed by atoms with Crippen molar-refractivity contribution < 1.29 is 0 Å². The minimum absolute atomic E-state index is 0.362. The average molecular weight is 392 g/mol. The molecule has 5 nitrogen and oxygen atoms in total. The Balaban J connectivity index is 1.51. The second-order valence-corrected chi connectivity index (χ2v) is 8.11. The van der Waals surface area contributed by atoms with Crippen LogP contribution < -0.4 is 0 Å². The second kappa shape index (κ2) is 7.15. The van der Waals surface area contributed by atoms with Gasteiger partial charge in [-0.2, -0.15) is 0 Å². The fourth-order valence-electron chi connectivity index (χ4n) is 4.30. The summed E-state index contributed by atoms with van der Waals surface area (Å²) in [6.07, 6.45) is 7.21. The zero-order valence-electron chi connectivity index (χ0n) is 15.8. The lowest BCUT2D eigenvalue weighted by Crippen LogP contribution is -2.16. The van der Waals surface area contributed by atoms with Crippen LogP contribution in [0.1, 0.15) is 48.1 Å². The second-order valence-electron chi connectivity index (χ2n) is 7.67. The van der Waals surface area contributed by atoms with Crippen molar-refractivity contribution in [2.75, 3.05) is 7.05 Å². The van der Waals surface area contributed by atoms with Crippen LogP contribution in [-0.2, 0) is 13.1 Å². The Bertz CT molecular complexity index is 1040. The van der Waals surface area contributed by atoms with Gasteiger partial charge in [-0.05, 0) is 67.8 Å². The van der Waals surface area contributed by atoms with Crippen LogP contribution in [0.15, 0.2) is 48.7 Å². The maximum Gasteiger partial charge on any atom is 0.151 e. The van der Waals surface area contributed by atoms with Gasteiger partial charge in [-0.25, -0.2) is 0 Å². The molecule has 3 heterocycles. The molecule has 0 N–H and O–H groups in total. The highest BCUT2D eigenvalue weighted by Crippen LogP contribution is 2.37. The van der Waals surface area contributed by atoms with Gasteiger partial charge in [0.15, 0.2) is 5.82 Å². The molecule has 5 rings (SSSR count). The SMILES string of the molecule is CN1Cc2cc(Cl)ccc2-n2c(nnc2C2CC=C(c3ccccn3)CC2)C1. The topological polar surface area (TPSA) is 46.8 Å². The number of rotatable bonds is 2. The first-order valence-electron chi connectivity index (χ1n) is 9.71. The van der Waals surface area contributed by atoms with Crippen molar-refractivity contribution in [3.8, 4) is 5.69 Å². The van der Waals surface area contributed by atoms with E-state index in [-0.39, 0.29) is 0 Å². The van der Waals surface area contributed by atoms with Crippen molar-refractivity contribution in [2.45, 2.75) is 38.3 Å². The van der Waals surface area contributed by atoms with Gasteiger partial charge < -0.3 is 0 Å². The number of allylic oxidation sites excluding steroid dienone is 2. The van der Waals surface area contributed by atoms with Crippen LogP contribution in [0.3, 0.4) is 0 Å². The van der Waals surface area contributed by atoms with Crippen LogP contribution in [0.25, 0.3) is 11.3 Å². The highest BCUT2D eigenvalue weighted by molar-refractivity contribution is 6.30. The zero-order valence-corrected chi connectivity index (χ0v) is 16.6. The van der Waals surface area contributed by atoms with Crippen molar-refractivity contribution in [3.63, 3.8) is 0 Å². The van der Waals surface area contributed by atoms with Gasteiger partial charge in [-0.1, -0.05) is 23.7 Å². The van der Waals surface area contributed by atoms with Gasteiger partial charge in [-0.3, -0.25) is 14.5 Å². The standard InChI is InChI=1S/C22H22ClN5/c1-27-13-17-12-18(23)9-10-20(17)28-21(14-27)25-26-22(28)16-7-5-15(6-8-16)19-4-2-3-11-24-19/h2-5,9-12,16H,6-8,13-14H2,1H3. The van der Waals surface area contributed by atoms with Gasteiger partial charge >= 0.3 is 0 Å². The Labute approximate surface area is 169 Å². The van der Waals surface area contributed by atoms with E-state index in [0.29, 0.717) is 5.92 Å². The minimum atomic E-state index is 0.362. The smallest absolute Gasteiger partial charge is 0.151 e. The van der Waals surface area contributed by atoms with E-state index in [1.807, 2.05) is 24.4 Å². The third-order valence-electron chi connectivity index (χ3n) is 5.66. The summed E-state index contributed by atoms with van der Waals surface area (Å²) in [5, 5.41) is 9.94. The van der Waals surface area contributed by atoms with Crippen LogP contribution in [-0.4, -0.2) is 31.7 Å². The summed E-state index contributed by atoms with van der Waals surface area (Å²) in [7, 11) is 2.11. The number of hydrogen-bond acceptors (Lipinski definition) is 4. The van der Waals surface area contributed by atoms with Crippen molar-refractivity contribution in [3.05, 3.63) is 76.6 Å². The van der Waals surface area contributed by atoms with Crippen molar-refractivity contribution in [1.82, 2.24) is 24.6 Å². The van der Waals surface area contributed by atoms with Crippen LogP contribution >= 0.6 is 11.6 Å². The van der Waals surface area contributed by atoms with E-state index < -0.39 is 0 Å². The molecule has 1 atom stereocenters. The first-order chi connectivity index (χ1) is 13.7. The normalized spacial score (nSPS) is 19.5. The fourth-order valence-corrected chi connectivity index (χ4v) is 4.50. The molecule has 2 aromatic heterocycles. The summed E-state index contributed by atoms with van der Waals surface area (Å²) in [6, 6.07) is 12.2. The van der Waals surface area contributed by atoms with E-state index in [2.05, 4.69) is 56.0 Å². The lowest BCUT2D eigenvalue weighted by Gasteiger charge is -2.22. The number of benzene rings is 1. The Hall–Kier alpha value is -2.50. The number of fused-ring (bicyclic) bond motifs is 3. The van der Waals surface area contributed by atoms with Crippen molar-refractivity contribution >= 4 is 17.2 Å². The lowest BCUT2D eigenvalue weighted by atomic mass is 9.87. The van der Waals surface area contributed by atoms with E-state index in [1.54, 1.807) is 0 Å². The number of hydrogen-bond donors (Lipinski definition) is 0. The molecule has 0 fully saturated rings. The van der Waals surface area contributed by atoms with Gasteiger partial charge in [0.25, 0.3) is 0 Å². The van der Waals surface area contributed by atoms with E-state index in [1.165, 1.54) is 11.1 Å². The Kier molecular flexibility index (Phi) is 4.49. The maximum absolute atomic E-state index is 6.27. The minimum Gasteiger partial charge on any atom is -0.295 e. The predicted octanol–water partition coefficient (Wildman–Crippen LogP) is 4.61. The van der Waals surface area contributed by atoms with Gasteiger partial charge in [0, 0.05) is 23.7 Å². The van der Waals surface area contributed by atoms with Crippen molar-refractivity contribution in [1.29, 1.82) is 0 Å². The summed E-state index contributed by atoms with van der Waals surface area (Å²) in [4.78, 5) is 6.76. The molecule has 2 aliphatic rings. The molecule has 0 saturated carbocycles. The predicted molar refractivity (Wildman–Crippen MR) is 110 cm³/mol. The summed E-state index contributed by atoms with van der Waals surface area (Å²) >= 11 is 6.27. The molecule has 1 aromatic carbocycles. The Morgan fingerprint density at radius 2 is 2.04 bits per heavy atom. The molecular weight excluding hydrogens is 370 g/mol. The molecule has 1 aliphatic carbocycles. The molecule has 0 radical (unpaired) electrons. The largest absolute Gasteiger partial charge is 0.295 e. The van der Waals surface area contributed by atoms with E-state index >= 15 is 0 Å². The molecule has 0 amide bonds. The third-order valence-corrected chi connectivity index (χ3v) is 5.89. The number of aromatic nitrogens is 4. The van der Waals surface area contributed by atoms with E-state index in [9.17, 15) is 0 Å². The molecule has 28 heavy (non-hydrogen) atoms. The molecule has 0 bridgehead atoms. The molecule has 1 unspecified atom stereocenters. The first kappa shape index (κ1) is 17.6. The van der Waals surface area contributed by atoms with Gasteiger partial charge in [0.1, 0.15) is 5.82 Å². The van der Waals surface area contributed by atoms with E-state index in [4.69, 9.17) is 11.6 Å². The number of pyridine rings is 1. The molecule has 142 valence electrons. The maximum atomic E-state index is 6.27. The quantitative estimate of drug-likeness (QED) is 0.639. The molecule has 1 aliphatic heterocycles. The van der Waals surface area contributed by atoms with Crippen molar-refractivity contribution in [2.24, 2.45) is 0 Å². The summed E-state index contributed by atoms with van der Waals surface area (Å²) in [5.74, 6) is 2.42. The fraction of sp³-hybridized carbons (Fsp3) is 0.318. The molecule has 0 saturated heterocycles. The van der Waals surface area contributed by atoms with Crippen LogP contribution in [0, 0.1) is 0 Å². The summed E-state index contributed by atoms with van der Waals surface area (Å²) < 4.78 is 2.26. The van der Waals surface area contributed by atoms with Gasteiger partial charge in [-0.15, -0.1) is 10.2 Å². The molecule has 3 aromatic rings. The Morgan fingerprint density at radius 1 is 1.11 bits per heavy atom. The summed E-state index contributed by atoms with van der Waals surface area (Å²) in [6.45, 7) is 1.63. The first-order valence-corrected chi connectivity index (χ1v) is 10.1. The van der Waals surface area contributed by atoms with Gasteiger partial charge in [0.05, 0.1) is 17.9 Å². The average Bonchev–Trinajstić information content (AvgIpc) is 3.06. The Morgan fingerprint density at radius 3 is 2.82 bits per heavy atom. The molecule has 0 spiro atoms. The summed E-state index contributed by atoms with van der Waals surface area (Å²) in [5.41, 5.74) is 4.79. The highest BCUT2D eigenvalue weighted by Gasteiger charge is 2.28. The van der Waals surface area contributed by atoms with Crippen LogP contribution in [0.2, 0.25) is 5.02 Å². The monoisotopic (exact) mass is 391 g/mol. The lowest BCUT2D eigenvalue weighted by molar-refractivity contribution is 0.315. The zero-order chi connectivity index (χ0) is 19.1. The number of nitrogens with zero attached hydrogens (tertiary/aromatic N) is 5. The van der Waals surface area contributed by atoms with Gasteiger partial charge in [0.2, 0.25) is 0 Å². The van der Waals surface area contributed by atoms with Crippen LogP contribution in [0.5, 0.6) is 0 Å². The molecule has 6 heteroatoms. The van der Waals surface area contributed by atoms with Crippen LogP contribution in [0.4, 0.5) is 0 Å². The highest BCUT2D eigenvalue weighted by atomic mass is 35.5.